The molecule has 0 radical (unpaired) electrons. The average Bonchev–Trinajstić information content (AvgIpc) is 2.63. The fourth-order valence-corrected chi connectivity index (χ4v) is 2.32. The van der Waals surface area contributed by atoms with E-state index in [-0.39, 0.29) is 30.0 Å². The van der Waals surface area contributed by atoms with Gasteiger partial charge in [0.2, 0.25) is 5.91 Å². The molecule has 4 atom stereocenters. The third-order valence-electron chi connectivity index (χ3n) is 3.06. The van der Waals surface area contributed by atoms with Crippen LogP contribution in [0, 0.1) is 5.92 Å². The summed E-state index contributed by atoms with van der Waals surface area (Å²) < 4.78 is 5.51. The molecule has 1 aliphatic heterocycles. The van der Waals surface area contributed by atoms with E-state index in [0.717, 1.165) is 19.3 Å². The third-order valence-corrected chi connectivity index (χ3v) is 3.06. The van der Waals surface area contributed by atoms with Crippen LogP contribution in [0.1, 0.15) is 40.0 Å². The lowest BCUT2D eigenvalue weighted by Crippen LogP contribution is -2.42. The summed E-state index contributed by atoms with van der Waals surface area (Å²) in [5.74, 6) is 0.151. The number of amides is 1. The molecule has 4 unspecified atom stereocenters. The Bertz CT molecular complexity index is 231. The molecule has 1 rings (SSSR count). The zero-order chi connectivity index (χ0) is 12.1. The van der Waals surface area contributed by atoms with Crippen molar-refractivity contribution in [3.05, 3.63) is 0 Å². The van der Waals surface area contributed by atoms with Crippen molar-refractivity contribution in [2.24, 2.45) is 11.7 Å². The summed E-state index contributed by atoms with van der Waals surface area (Å²) in [7, 11) is 0. The number of nitrogens with one attached hydrogen (secondary N) is 1. The molecule has 1 saturated heterocycles. The second-order valence-corrected chi connectivity index (χ2v) is 4.84. The van der Waals surface area contributed by atoms with Gasteiger partial charge < -0.3 is 15.8 Å². The molecule has 16 heavy (non-hydrogen) atoms. The molecule has 1 aliphatic rings. The molecule has 0 aliphatic carbocycles. The minimum atomic E-state index is 0.0283. The minimum absolute atomic E-state index is 0.0283. The number of rotatable bonds is 5. The van der Waals surface area contributed by atoms with Crippen molar-refractivity contribution >= 4 is 5.91 Å². The number of ether oxygens (including phenoxy) is 1. The summed E-state index contributed by atoms with van der Waals surface area (Å²) in [6, 6.07) is 0.266. The molecular formula is C12H24N2O2. The number of nitrogens with two attached hydrogens (primary N) is 1. The molecule has 0 saturated carbocycles. The molecule has 1 heterocycles. The molecular weight excluding hydrogens is 204 g/mol. The Morgan fingerprint density at radius 3 is 2.81 bits per heavy atom. The van der Waals surface area contributed by atoms with Crippen molar-refractivity contribution in [1.29, 1.82) is 0 Å². The number of carbonyl (C=O) groups excluding carboxylic acids is 1. The Kier molecular flexibility index (Phi) is 5.22. The molecule has 0 spiro atoms. The quantitative estimate of drug-likeness (QED) is 0.739. The second-order valence-electron chi connectivity index (χ2n) is 4.84. The highest BCUT2D eigenvalue weighted by Gasteiger charge is 2.33. The van der Waals surface area contributed by atoms with E-state index in [1.807, 2.05) is 13.8 Å². The van der Waals surface area contributed by atoms with Crippen LogP contribution in [0.25, 0.3) is 0 Å². The van der Waals surface area contributed by atoms with Crippen LogP contribution in [0.3, 0.4) is 0 Å². The van der Waals surface area contributed by atoms with E-state index in [0.29, 0.717) is 6.61 Å². The largest absolute Gasteiger partial charge is 0.377 e. The smallest absolute Gasteiger partial charge is 0.226 e. The van der Waals surface area contributed by atoms with Gasteiger partial charge in [-0.05, 0) is 33.1 Å². The zero-order valence-corrected chi connectivity index (χ0v) is 10.5. The SMILES string of the molecule is CCC1OCCC1C(=O)NC(C)CC(C)N. The van der Waals surface area contributed by atoms with Gasteiger partial charge >= 0.3 is 0 Å². The Morgan fingerprint density at radius 2 is 2.25 bits per heavy atom. The zero-order valence-electron chi connectivity index (χ0n) is 10.5. The first-order valence-corrected chi connectivity index (χ1v) is 6.22. The van der Waals surface area contributed by atoms with Gasteiger partial charge in [-0.15, -0.1) is 0 Å². The molecule has 0 bridgehead atoms. The summed E-state index contributed by atoms with van der Waals surface area (Å²) in [5.41, 5.74) is 5.70. The number of carbonyl (C=O) groups is 1. The minimum Gasteiger partial charge on any atom is -0.377 e. The van der Waals surface area contributed by atoms with Crippen molar-refractivity contribution in [2.45, 2.75) is 58.2 Å². The van der Waals surface area contributed by atoms with Crippen LogP contribution in [0.15, 0.2) is 0 Å². The van der Waals surface area contributed by atoms with Crippen LogP contribution >= 0.6 is 0 Å². The van der Waals surface area contributed by atoms with Gasteiger partial charge in [0.25, 0.3) is 0 Å². The topological polar surface area (TPSA) is 64.3 Å². The first-order chi connectivity index (χ1) is 7.54. The fraction of sp³-hybridized carbons (Fsp3) is 0.917. The molecule has 4 nitrogen and oxygen atoms in total. The highest BCUT2D eigenvalue weighted by Crippen LogP contribution is 2.23. The van der Waals surface area contributed by atoms with Crippen LogP contribution in [-0.2, 0) is 9.53 Å². The fourth-order valence-electron chi connectivity index (χ4n) is 2.32. The second kappa shape index (κ2) is 6.21. The average molecular weight is 228 g/mol. The van der Waals surface area contributed by atoms with Crippen molar-refractivity contribution in [3.8, 4) is 0 Å². The normalized spacial score (nSPS) is 28.8. The van der Waals surface area contributed by atoms with Crippen LogP contribution in [0.5, 0.6) is 0 Å². The number of hydrogen-bond donors (Lipinski definition) is 2. The van der Waals surface area contributed by atoms with Gasteiger partial charge in [-0.2, -0.15) is 0 Å². The van der Waals surface area contributed by atoms with Crippen LogP contribution in [-0.4, -0.2) is 30.7 Å². The lowest BCUT2D eigenvalue weighted by atomic mass is 9.98. The molecule has 0 aromatic carbocycles. The maximum Gasteiger partial charge on any atom is 0.226 e. The first-order valence-electron chi connectivity index (χ1n) is 6.22. The monoisotopic (exact) mass is 228 g/mol. The van der Waals surface area contributed by atoms with Crippen LogP contribution < -0.4 is 11.1 Å². The Hall–Kier alpha value is -0.610. The summed E-state index contributed by atoms with van der Waals surface area (Å²) >= 11 is 0. The third kappa shape index (κ3) is 3.76. The maximum absolute atomic E-state index is 12.0. The molecule has 0 aromatic rings. The van der Waals surface area contributed by atoms with Crippen LogP contribution in [0.4, 0.5) is 0 Å². The summed E-state index contributed by atoms with van der Waals surface area (Å²) in [5, 5.41) is 3.02. The van der Waals surface area contributed by atoms with Gasteiger partial charge in [0.15, 0.2) is 0 Å². The Morgan fingerprint density at radius 1 is 1.56 bits per heavy atom. The van der Waals surface area contributed by atoms with Gasteiger partial charge in [0, 0.05) is 18.7 Å². The van der Waals surface area contributed by atoms with Gasteiger partial charge in [0.1, 0.15) is 0 Å². The van der Waals surface area contributed by atoms with E-state index in [9.17, 15) is 4.79 Å². The van der Waals surface area contributed by atoms with Gasteiger partial charge in [-0.25, -0.2) is 0 Å². The molecule has 1 amide bonds. The highest BCUT2D eigenvalue weighted by molar-refractivity contribution is 5.79. The molecule has 94 valence electrons. The van der Waals surface area contributed by atoms with Crippen molar-refractivity contribution in [2.75, 3.05) is 6.61 Å². The lowest BCUT2D eigenvalue weighted by molar-refractivity contribution is -0.127. The predicted molar refractivity (Wildman–Crippen MR) is 64.0 cm³/mol. The molecule has 1 fully saturated rings. The van der Waals surface area contributed by atoms with Gasteiger partial charge in [-0.1, -0.05) is 6.92 Å². The predicted octanol–water partition coefficient (Wildman–Crippen LogP) is 1.04. The van der Waals surface area contributed by atoms with E-state index in [4.69, 9.17) is 10.5 Å². The van der Waals surface area contributed by atoms with E-state index in [1.165, 1.54) is 0 Å². The Balaban J connectivity index is 2.39. The maximum atomic E-state index is 12.0. The highest BCUT2D eigenvalue weighted by atomic mass is 16.5. The standard InChI is InChI=1S/C12H24N2O2/c1-4-11-10(5-6-16-11)12(15)14-9(3)7-8(2)13/h8-11H,4-7,13H2,1-3H3,(H,14,15). The van der Waals surface area contributed by atoms with Crippen molar-refractivity contribution < 1.29 is 9.53 Å². The van der Waals surface area contributed by atoms with Gasteiger partial charge in [0.05, 0.1) is 12.0 Å². The van der Waals surface area contributed by atoms with E-state index in [1.54, 1.807) is 0 Å². The van der Waals surface area contributed by atoms with Crippen LogP contribution in [0.2, 0.25) is 0 Å². The molecule has 0 aromatic heterocycles. The molecule has 4 heteroatoms. The Labute approximate surface area is 97.9 Å². The van der Waals surface area contributed by atoms with Gasteiger partial charge in [-0.3, -0.25) is 4.79 Å². The van der Waals surface area contributed by atoms with E-state index >= 15 is 0 Å². The molecule has 3 N–H and O–H groups in total. The summed E-state index contributed by atoms with van der Waals surface area (Å²) in [6.07, 6.45) is 2.66. The van der Waals surface area contributed by atoms with Crippen molar-refractivity contribution in [1.82, 2.24) is 5.32 Å². The van der Waals surface area contributed by atoms with E-state index in [2.05, 4.69) is 12.2 Å². The van der Waals surface area contributed by atoms with E-state index < -0.39 is 0 Å². The lowest BCUT2D eigenvalue weighted by Gasteiger charge is -2.21. The van der Waals surface area contributed by atoms with Crippen molar-refractivity contribution in [3.63, 3.8) is 0 Å². The summed E-state index contributed by atoms with van der Waals surface area (Å²) in [4.78, 5) is 12.0. The number of hydrogen-bond acceptors (Lipinski definition) is 3. The first kappa shape index (κ1) is 13.5. The summed E-state index contributed by atoms with van der Waals surface area (Å²) in [6.45, 7) is 6.72.